The van der Waals surface area contributed by atoms with Crippen molar-refractivity contribution in [2.75, 3.05) is 57.8 Å². The maximum Gasteiger partial charge on any atom is 0.310 e. The van der Waals surface area contributed by atoms with E-state index in [1.54, 1.807) is 16.7 Å². The smallest absolute Gasteiger partial charge is 0.310 e. The first kappa shape index (κ1) is 28.1. The zero-order valence-electron chi connectivity index (χ0n) is 23.3. The molecule has 1 amide bonds. The summed E-state index contributed by atoms with van der Waals surface area (Å²) < 4.78 is 5.20. The Balaban J connectivity index is 1.30. The third-order valence-electron chi connectivity index (χ3n) is 7.46. The van der Waals surface area contributed by atoms with Crippen molar-refractivity contribution in [2.45, 2.75) is 30.7 Å². The minimum atomic E-state index is -0.250. The van der Waals surface area contributed by atoms with E-state index < -0.39 is 0 Å². The predicted molar refractivity (Wildman–Crippen MR) is 158 cm³/mol. The van der Waals surface area contributed by atoms with E-state index in [-0.39, 0.29) is 17.8 Å². The van der Waals surface area contributed by atoms with Crippen molar-refractivity contribution in [1.29, 1.82) is 0 Å². The molecule has 3 heterocycles. The number of rotatable bonds is 8. The van der Waals surface area contributed by atoms with Crippen LogP contribution in [0.5, 0.6) is 0 Å². The Morgan fingerprint density at radius 3 is 2.55 bits per heavy atom. The molecule has 0 radical (unpaired) electrons. The van der Waals surface area contributed by atoms with Crippen LogP contribution in [0.3, 0.4) is 0 Å². The van der Waals surface area contributed by atoms with E-state index in [1.807, 2.05) is 49.4 Å². The molecule has 2 aromatic carbocycles. The van der Waals surface area contributed by atoms with Crippen LogP contribution in [-0.4, -0.2) is 84.6 Å². The maximum atomic E-state index is 13.3. The highest BCUT2D eigenvalue weighted by molar-refractivity contribution is 7.98. The lowest BCUT2D eigenvalue weighted by atomic mass is 9.97. The molecule has 0 spiro atoms. The Hall–Kier alpha value is -3.43. The molecule has 210 valence electrons. The summed E-state index contributed by atoms with van der Waals surface area (Å²) in [5.74, 6) is 1.10. The van der Waals surface area contributed by atoms with Gasteiger partial charge >= 0.3 is 5.97 Å². The van der Waals surface area contributed by atoms with Gasteiger partial charge in [0.1, 0.15) is 5.82 Å². The second-order valence-electron chi connectivity index (χ2n) is 10.4. The van der Waals surface area contributed by atoms with Crippen LogP contribution in [-0.2, 0) is 15.3 Å². The molecule has 1 unspecified atom stereocenters. The second-order valence-corrected chi connectivity index (χ2v) is 11.3. The molecule has 2 fully saturated rings. The van der Waals surface area contributed by atoms with Gasteiger partial charge in [0, 0.05) is 62.2 Å². The third-order valence-corrected chi connectivity index (χ3v) is 8.38. The number of benzene rings is 2. The van der Waals surface area contributed by atoms with Crippen LogP contribution < -0.4 is 4.90 Å². The number of amides is 1. The molecule has 9 heteroatoms. The maximum absolute atomic E-state index is 13.3. The minimum Gasteiger partial charge on any atom is -0.466 e. The topological polar surface area (TPSA) is 78.9 Å². The van der Waals surface area contributed by atoms with E-state index in [0.29, 0.717) is 31.0 Å². The molecule has 3 aromatic rings. The number of carbonyl (C=O) groups excluding carboxylic acids is 2. The molecule has 0 bridgehead atoms. The fourth-order valence-corrected chi connectivity index (χ4v) is 5.97. The van der Waals surface area contributed by atoms with E-state index in [9.17, 15) is 9.59 Å². The Labute approximate surface area is 240 Å². The summed E-state index contributed by atoms with van der Waals surface area (Å²) in [7, 11) is 2.15. The van der Waals surface area contributed by atoms with Crippen LogP contribution >= 0.6 is 11.8 Å². The number of hydrogen-bond acceptors (Lipinski definition) is 8. The Kier molecular flexibility index (Phi) is 9.34. The average Bonchev–Trinajstić information content (AvgIpc) is 3.00. The summed E-state index contributed by atoms with van der Waals surface area (Å²) in [5.41, 5.74) is 3.65. The Bertz CT molecular complexity index is 1310. The lowest BCUT2D eigenvalue weighted by molar-refractivity contribution is -0.149. The molecule has 1 aromatic heterocycles. The summed E-state index contributed by atoms with van der Waals surface area (Å²) in [6, 6.07) is 20.1. The lowest BCUT2D eigenvalue weighted by Gasteiger charge is -2.33. The third kappa shape index (κ3) is 7.01. The molecule has 0 aliphatic carbocycles. The molecule has 2 aliphatic rings. The highest BCUT2D eigenvalue weighted by Crippen LogP contribution is 2.28. The van der Waals surface area contributed by atoms with Gasteiger partial charge in [-0.1, -0.05) is 54.2 Å². The molecule has 8 nitrogen and oxygen atoms in total. The van der Waals surface area contributed by atoms with Crippen molar-refractivity contribution in [2.24, 2.45) is 5.92 Å². The first-order valence-corrected chi connectivity index (χ1v) is 15.0. The standard InChI is InChI=1S/C31H37N5O3S/c1-3-39-30(38)26-13-8-14-36(21-26)29(37)25-12-7-9-23(19-25)22-40-31-32-27(24-10-5-4-6-11-24)20-28(33-31)35-17-15-34(2)16-18-35/h4-7,9-12,19-20,26H,3,8,13-18,21-22H2,1-2H3. The van der Waals surface area contributed by atoms with Gasteiger partial charge in [0.15, 0.2) is 5.16 Å². The minimum absolute atomic E-state index is 0.0412. The number of ether oxygens (including phenoxy) is 1. The van der Waals surface area contributed by atoms with Gasteiger partial charge < -0.3 is 19.4 Å². The number of esters is 1. The highest BCUT2D eigenvalue weighted by Gasteiger charge is 2.30. The van der Waals surface area contributed by atoms with Crippen molar-refractivity contribution in [1.82, 2.24) is 19.8 Å². The molecule has 2 saturated heterocycles. The normalized spacial score (nSPS) is 18.0. The van der Waals surface area contributed by atoms with Gasteiger partial charge in [-0.25, -0.2) is 9.97 Å². The monoisotopic (exact) mass is 559 g/mol. The molecule has 40 heavy (non-hydrogen) atoms. The quantitative estimate of drug-likeness (QED) is 0.225. The molecule has 0 N–H and O–H groups in total. The van der Waals surface area contributed by atoms with Crippen LogP contribution in [0, 0.1) is 5.92 Å². The SMILES string of the molecule is CCOC(=O)C1CCCN(C(=O)c2cccc(CSc3nc(-c4ccccc4)cc(N4CCN(C)CC4)n3)c2)C1. The second kappa shape index (κ2) is 13.3. The molecular formula is C31H37N5O3S. The van der Waals surface area contributed by atoms with Gasteiger partial charge in [-0.2, -0.15) is 0 Å². The number of piperazine rings is 1. The van der Waals surface area contributed by atoms with Crippen molar-refractivity contribution < 1.29 is 14.3 Å². The number of likely N-dealkylation sites (tertiary alicyclic amines) is 1. The van der Waals surface area contributed by atoms with E-state index in [1.165, 1.54) is 0 Å². The number of piperidine rings is 1. The predicted octanol–water partition coefficient (Wildman–Crippen LogP) is 4.60. The van der Waals surface area contributed by atoms with E-state index in [4.69, 9.17) is 14.7 Å². The number of anilines is 1. The molecule has 0 saturated carbocycles. The van der Waals surface area contributed by atoms with Gasteiger partial charge in [0.05, 0.1) is 18.2 Å². The number of hydrogen-bond donors (Lipinski definition) is 0. The summed E-state index contributed by atoms with van der Waals surface area (Å²) in [5, 5.41) is 0.723. The van der Waals surface area contributed by atoms with Crippen LogP contribution in [0.1, 0.15) is 35.7 Å². The summed E-state index contributed by atoms with van der Waals surface area (Å²) >= 11 is 1.58. The molecule has 1 atom stereocenters. The number of thioether (sulfide) groups is 1. The fourth-order valence-electron chi connectivity index (χ4n) is 5.17. The highest BCUT2D eigenvalue weighted by atomic mass is 32.2. The van der Waals surface area contributed by atoms with E-state index >= 15 is 0 Å². The van der Waals surface area contributed by atoms with Gasteiger partial charge in [0.25, 0.3) is 5.91 Å². The van der Waals surface area contributed by atoms with Crippen LogP contribution in [0.2, 0.25) is 0 Å². The van der Waals surface area contributed by atoms with Crippen LogP contribution in [0.4, 0.5) is 5.82 Å². The number of aromatic nitrogens is 2. The first-order valence-electron chi connectivity index (χ1n) is 14.1. The van der Waals surface area contributed by atoms with E-state index in [2.05, 4.69) is 35.0 Å². The van der Waals surface area contributed by atoms with Gasteiger partial charge in [-0.15, -0.1) is 0 Å². The summed E-state index contributed by atoms with van der Waals surface area (Å²) in [6.45, 7) is 7.11. The van der Waals surface area contributed by atoms with Crippen molar-refractivity contribution in [3.8, 4) is 11.3 Å². The molecular weight excluding hydrogens is 522 g/mol. The summed E-state index contributed by atoms with van der Waals surface area (Å²) in [4.78, 5) is 41.9. The molecule has 2 aliphatic heterocycles. The van der Waals surface area contributed by atoms with Crippen LogP contribution in [0.25, 0.3) is 11.3 Å². The lowest BCUT2D eigenvalue weighted by Crippen LogP contribution is -2.44. The van der Waals surface area contributed by atoms with Gasteiger partial charge in [0.2, 0.25) is 0 Å². The zero-order chi connectivity index (χ0) is 27.9. The Morgan fingerprint density at radius 1 is 0.975 bits per heavy atom. The van der Waals surface area contributed by atoms with Crippen molar-refractivity contribution in [3.05, 3.63) is 71.8 Å². The number of carbonyl (C=O) groups is 2. The first-order chi connectivity index (χ1) is 19.5. The number of nitrogens with zero attached hydrogens (tertiary/aromatic N) is 5. The van der Waals surface area contributed by atoms with Gasteiger partial charge in [-0.3, -0.25) is 9.59 Å². The zero-order valence-corrected chi connectivity index (χ0v) is 24.1. The van der Waals surface area contributed by atoms with Gasteiger partial charge in [-0.05, 0) is 44.5 Å². The number of likely N-dealkylation sites (N-methyl/N-ethyl adjacent to an activating group) is 1. The molecule has 5 rings (SSSR count). The van der Waals surface area contributed by atoms with Crippen molar-refractivity contribution in [3.63, 3.8) is 0 Å². The fraction of sp³-hybridized carbons (Fsp3) is 0.419. The van der Waals surface area contributed by atoms with Crippen molar-refractivity contribution >= 4 is 29.5 Å². The van der Waals surface area contributed by atoms with Crippen LogP contribution in [0.15, 0.2) is 65.8 Å². The Morgan fingerprint density at radius 2 is 1.77 bits per heavy atom. The van der Waals surface area contributed by atoms with E-state index in [0.717, 1.165) is 66.8 Å². The largest absolute Gasteiger partial charge is 0.466 e. The summed E-state index contributed by atoms with van der Waals surface area (Å²) in [6.07, 6.45) is 1.56. The average molecular weight is 560 g/mol.